The summed E-state index contributed by atoms with van der Waals surface area (Å²) in [4.78, 5) is 23.2. The fraction of sp³-hybridized carbons (Fsp3) is 0.833. The number of hydrogen-bond donors (Lipinski definition) is 3. The molecule has 18 heavy (non-hydrogen) atoms. The first-order valence-corrected chi connectivity index (χ1v) is 6.30. The van der Waals surface area contributed by atoms with E-state index in [4.69, 9.17) is 5.73 Å². The zero-order valence-corrected chi connectivity index (χ0v) is 11.9. The van der Waals surface area contributed by atoms with Crippen LogP contribution in [-0.2, 0) is 9.59 Å². The van der Waals surface area contributed by atoms with Gasteiger partial charge in [-0.3, -0.25) is 9.59 Å². The Bertz CT molecular complexity index is 286. The molecule has 4 N–H and O–H groups in total. The van der Waals surface area contributed by atoms with Crippen molar-refractivity contribution in [1.29, 1.82) is 0 Å². The number of hydrogen-bond acceptors (Lipinski definition) is 3. The lowest BCUT2D eigenvalue weighted by Gasteiger charge is -2.30. The van der Waals surface area contributed by atoms with Crippen LogP contribution in [0.2, 0.25) is 0 Å². The third kappa shape index (κ3) is 4.82. The van der Waals surface area contributed by atoms with E-state index in [9.17, 15) is 9.59 Å². The van der Waals surface area contributed by atoms with Crippen molar-refractivity contribution in [3.63, 3.8) is 0 Å². The number of rotatable bonds is 5. The summed E-state index contributed by atoms with van der Waals surface area (Å²) >= 11 is 0. The van der Waals surface area contributed by atoms with Crippen LogP contribution in [0.25, 0.3) is 0 Å². The molecule has 0 bridgehead atoms. The van der Waals surface area contributed by atoms with E-state index in [1.807, 2.05) is 14.0 Å². The maximum atomic E-state index is 11.9. The molecule has 106 valence electrons. The molecule has 6 heteroatoms. The molecule has 1 saturated carbocycles. The van der Waals surface area contributed by atoms with Gasteiger partial charge in [0.25, 0.3) is 0 Å². The van der Waals surface area contributed by atoms with Gasteiger partial charge in [-0.2, -0.15) is 0 Å². The highest BCUT2D eigenvalue weighted by Gasteiger charge is 2.31. The van der Waals surface area contributed by atoms with E-state index >= 15 is 0 Å². The van der Waals surface area contributed by atoms with Gasteiger partial charge in [0.1, 0.15) is 0 Å². The monoisotopic (exact) mass is 277 g/mol. The predicted molar refractivity (Wildman–Crippen MR) is 73.4 cm³/mol. The van der Waals surface area contributed by atoms with Gasteiger partial charge < -0.3 is 16.4 Å². The molecule has 1 rings (SSSR count). The molecule has 1 aliphatic rings. The van der Waals surface area contributed by atoms with Crippen molar-refractivity contribution in [3.05, 3.63) is 0 Å². The molecule has 0 saturated heterocycles. The van der Waals surface area contributed by atoms with Gasteiger partial charge in [0.2, 0.25) is 11.8 Å². The number of carbonyl (C=O) groups is 2. The van der Waals surface area contributed by atoms with E-state index in [0.717, 1.165) is 25.7 Å². The van der Waals surface area contributed by atoms with Gasteiger partial charge in [0.05, 0.1) is 5.92 Å². The lowest BCUT2D eigenvalue weighted by Crippen LogP contribution is -2.49. The number of amides is 2. The van der Waals surface area contributed by atoms with E-state index in [1.165, 1.54) is 0 Å². The van der Waals surface area contributed by atoms with Crippen LogP contribution < -0.4 is 16.4 Å². The summed E-state index contributed by atoms with van der Waals surface area (Å²) in [5, 5.41) is 5.92. The second-order valence-electron chi connectivity index (χ2n) is 4.87. The predicted octanol–water partition coefficient (Wildman–Crippen LogP) is 0.424. The first-order valence-electron chi connectivity index (χ1n) is 6.30. The van der Waals surface area contributed by atoms with Crippen LogP contribution in [0.1, 0.15) is 32.6 Å². The smallest absolute Gasteiger partial charge is 0.224 e. The van der Waals surface area contributed by atoms with Crippen LogP contribution in [0.5, 0.6) is 0 Å². The van der Waals surface area contributed by atoms with Gasteiger partial charge in [-0.05, 0) is 19.9 Å². The zero-order valence-electron chi connectivity index (χ0n) is 11.1. The van der Waals surface area contributed by atoms with Gasteiger partial charge >= 0.3 is 0 Å². The van der Waals surface area contributed by atoms with E-state index in [-0.39, 0.29) is 42.1 Å². The summed E-state index contributed by atoms with van der Waals surface area (Å²) in [7, 11) is 1.82. The van der Waals surface area contributed by atoms with Gasteiger partial charge in [-0.15, -0.1) is 12.4 Å². The van der Waals surface area contributed by atoms with Crippen LogP contribution >= 0.6 is 12.4 Å². The van der Waals surface area contributed by atoms with E-state index in [0.29, 0.717) is 6.54 Å². The molecule has 0 radical (unpaired) electrons. The Morgan fingerprint density at radius 1 is 1.33 bits per heavy atom. The number of nitrogens with one attached hydrogen (secondary N) is 2. The Morgan fingerprint density at radius 3 is 2.50 bits per heavy atom. The van der Waals surface area contributed by atoms with Gasteiger partial charge in [-0.25, -0.2) is 0 Å². The molecule has 3 unspecified atom stereocenters. The highest BCUT2D eigenvalue weighted by molar-refractivity contribution is 5.85. The molecule has 0 aromatic rings. The van der Waals surface area contributed by atoms with Gasteiger partial charge in [0.15, 0.2) is 0 Å². The normalized spacial score (nSPS) is 24.8. The Labute approximate surface area is 115 Å². The molecular formula is C12H24ClN3O2. The van der Waals surface area contributed by atoms with Crippen LogP contribution in [0.15, 0.2) is 0 Å². The topological polar surface area (TPSA) is 84.2 Å². The summed E-state index contributed by atoms with van der Waals surface area (Å²) in [5.74, 6) is -0.585. The summed E-state index contributed by atoms with van der Waals surface area (Å²) in [6.45, 7) is 2.51. The first kappa shape index (κ1) is 17.2. The third-order valence-electron chi connectivity index (χ3n) is 3.42. The average Bonchev–Trinajstić information content (AvgIpc) is 2.29. The van der Waals surface area contributed by atoms with Crippen LogP contribution in [-0.4, -0.2) is 31.4 Å². The maximum absolute atomic E-state index is 11.9. The second kappa shape index (κ2) is 8.32. The Morgan fingerprint density at radius 2 is 1.94 bits per heavy atom. The third-order valence-corrected chi connectivity index (χ3v) is 3.42. The second-order valence-corrected chi connectivity index (χ2v) is 4.87. The van der Waals surface area contributed by atoms with Crippen molar-refractivity contribution >= 4 is 24.2 Å². The molecule has 0 aliphatic heterocycles. The fourth-order valence-corrected chi connectivity index (χ4v) is 2.37. The summed E-state index contributed by atoms with van der Waals surface area (Å²) in [5.41, 5.74) is 5.37. The molecule has 5 nitrogen and oxygen atoms in total. The highest BCUT2D eigenvalue weighted by Crippen LogP contribution is 2.24. The van der Waals surface area contributed by atoms with Crippen molar-refractivity contribution in [2.45, 2.75) is 38.6 Å². The number of halogens is 1. The first-order chi connectivity index (χ1) is 8.06. The van der Waals surface area contributed by atoms with Crippen molar-refractivity contribution < 1.29 is 9.59 Å². The molecule has 1 aliphatic carbocycles. The van der Waals surface area contributed by atoms with Crippen molar-refractivity contribution in [2.75, 3.05) is 13.6 Å². The van der Waals surface area contributed by atoms with Crippen molar-refractivity contribution in [1.82, 2.24) is 10.6 Å². The lowest BCUT2D eigenvalue weighted by atomic mass is 9.84. The Balaban J connectivity index is 0.00000289. The molecule has 0 spiro atoms. The minimum Gasteiger partial charge on any atom is -0.369 e. The molecular weight excluding hydrogens is 254 g/mol. The summed E-state index contributed by atoms with van der Waals surface area (Å²) in [6, 6.07) is -0.0759. The molecule has 0 heterocycles. The quantitative estimate of drug-likeness (QED) is 0.681. The molecule has 0 aromatic carbocycles. The Hall–Kier alpha value is -0.810. The molecule has 1 fully saturated rings. The van der Waals surface area contributed by atoms with Gasteiger partial charge in [-0.1, -0.05) is 19.8 Å². The summed E-state index contributed by atoms with van der Waals surface area (Å²) in [6.07, 6.45) is 3.72. The molecule has 3 atom stereocenters. The average molecular weight is 278 g/mol. The number of nitrogens with two attached hydrogens (primary N) is 1. The minimum absolute atomic E-state index is 0. The van der Waals surface area contributed by atoms with Crippen LogP contribution in [0.3, 0.4) is 0 Å². The highest BCUT2D eigenvalue weighted by atomic mass is 35.5. The van der Waals surface area contributed by atoms with E-state index in [1.54, 1.807) is 0 Å². The lowest BCUT2D eigenvalue weighted by molar-refractivity contribution is -0.128. The van der Waals surface area contributed by atoms with E-state index in [2.05, 4.69) is 10.6 Å². The molecule has 0 aromatic heterocycles. The zero-order chi connectivity index (χ0) is 12.8. The minimum atomic E-state index is -0.295. The van der Waals surface area contributed by atoms with Crippen molar-refractivity contribution in [3.8, 4) is 0 Å². The molecule has 2 amide bonds. The standard InChI is InChI=1S/C12H23N3O2.ClH/c1-8(7-14-2)12(17)15-10-6-4-3-5-9(10)11(13)16;/h8-10,14H,3-7H2,1-2H3,(H2,13,16)(H,15,17);1H. The summed E-state index contributed by atoms with van der Waals surface area (Å²) < 4.78 is 0. The van der Waals surface area contributed by atoms with Gasteiger partial charge in [0, 0.05) is 18.5 Å². The van der Waals surface area contributed by atoms with E-state index < -0.39 is 0 Å². The SMILES string of the molecule is CNCC(C)C(=O)NC1CCCCC1C(N)=O.Cl. The van der Waals surface area contributed by atoms with Crippen LogP contribution in [0, 0.1) is 11.8 Å². The Kier molecular flexibility index (Phi) is 7.95. The number of primary amides is 1. The van der Waals surface area contributed by atoms with Crippen molar-refractivity contribution in [2.24, 2.45) is 17.6 Å². The largest absolute Gasteiger partial charge is 0.369 e. The van der Waals surface area contributed by atoms with Crippen LogP contribution in [0.4, 0.5) is 0 Å². The number of carbonyl (C=O) groups excluding carboxylic acids is 2. The maximum Gasteiger partial charge on any atom is 0.224 e. The fourth-order valence-electron chi connectivity index (χ4n) is 2.37.